The minimum Gasteiger partial charge on any atom is -0.495 e. The first-order valence-electron chi connectivity index (χ1n) is 7.09. The number of methoxy groups -OCH3 is 1. The van der Waals surface area contributed by atoms with E-state index in [9.17, 15) is 18.5 Å². The zero-order valence-electron chi connectivity index (χ0n) is 13.8. The number of aryl methyl sites for hydroxylation is 3. The van der Waals surface area contributed by atoms with Crippen LogP contribution in [0.2, 0.25) is 0 Å². The molecule has 24 heavy (non-hydrogen) atoms. The summed E-state index contributed by atoms with van der Waals surface area (Å²) < 4.78 is 33.0. The Kier molecular flexibility index (Phi) is 4.79. The number of hydrogen-bond acceptors (Lipinski definition) is 5. The molecule has 128 valence electrons. The van der Waals surface area contributed by atoms with E-state index >= 15 is 0 Å². The maximum absolute atomic E-state index is 12.8. The van der Waals surface area contributed by atoms with E-state index in [2.05, 4.69) is 4.72 Å². The number of benzene rings is 2. The highest BCUT2D eigenvalue weighted by Crippen LogP contribution is 2.32. The summed E-state index contributed by atoms with van der Waals surface area (Å²) in [5, 5.41) is 10.9. The van der Waals surface area contributed by atoms with Gasteiger partial charge >= 0.3 is 0 Å². The Morgan fingerprint density at radius 1 is 1.08 bits per heavy atom. The molecular formula is C16H18N2O5S. The molecule has 0 aliphatic carbocycles. The number of rotatable bonds is 5. The van der Waals surface area contributed by atoms with Crippen molar-refractivity contribution in [3.63, 3.8) is 0 Å². The molecule has 0 saturated heterocycles. The summed E-state index contributed by atoms with van der Waals surface area (Å²) in [6.45, 7) is 5.30. The van der Waals surface area contributed by atoms with E-state index in [1.165, 1.54) is 19.2 Å². The van der Waals surface area contributed by atoms with E-state index in [0.29, 0.717) is 11.1 Å². The van der Waals surface area contributed by atoms with Gasteiger partial charge < -0.3 is 4.74 Å². The first kappa shape index (κ1) is 17.7. The van der Waals surface area contributed by atoms with Crippen molar-refractivity contribution in [1.82, 2.24) is 0 Å². The van der Waals surface area contributed by atoms with Gasteiger partial charge in [-0.3, -0.25) is 14.8 Å². The molecule has 0 unspecified atom stereocenters. The van der Waals surface area contributed by atoms with Crippen LogP contribution in [0.5, 0.6) is 5.75 Å². The van der Waals surface area contributed by atoms with Gasteiger partial charge in [-0.05, 0) is 38.0 Å². The monoisotopic (exact) mass is 350 g/mol. The smallest absolute Gasteiger partial charge is 0.271 e. The minimum absolute atomic E-state index is 0.0195. The molecule has 0 saturated carbocycles. The number of non-ortho nitro benzene ring substituents is 1. The molecule has 0 amide bonds. The van der Waals surface area contributed by atoms with Crippen LogP contribution >= 0.6 is 0 Å². The highest BCUT2D eigenvalue weighted by molar-refractivity contribution is 7.92. The van der Waals surface area contributed by atoms with Gasteiger partial charge in [-0.25, -0.2) is 8.42 Å². The molecule has 0 aliphatic heterocycles. The third-order valence-corrected chi connectivity index (χ3v) is 5.18. The van der Waals surface area contributed by atoms with Crippen LogP contribution in [-0.2, 0) is 10.0 Å². The van der Waals surface area contributed by atoms with Crippen molar-refractivity contribution >= 4 is 21.4 Å². The van der Waals surface area contributed by atoms with Gasteiger partial charge in [-0.1, -0.05) is 17.7 Å². The van der Waals surface area contributed by atoms with Crippen molar-refractivity contribution in [2.75, 3.05) is 11.8 Å². The summed E-state index contributed by atoms with van der Waals surface area (Å²) in [6, 6.07) is 7.28. The van der Waals surface area contributed by atoms with E-state index in [1.54, 1.807) is 26.0 Å². The summed E-state index contributed by atoms with van der Waals surface area (Å²) in [5.41, 5.74) is 1.95. The van der Waals surface area contributed by atoms with Crippen LogP contribution < -0.4 is 9.46 Å². The molecule has 2 aromatic rings. The van der Waals surface area contributed by atoms with E-state index in [-0.39, 0.29) is 22.0 Å². The zero-order chi connectivity index (χ0) is 18.1. The van der Waals surface area contributed by atoms with Gasteiger partial charge in [0.15, 0.2) is 0 Å². The second kappa shape index (κ2) is 6.48. The van der Waals surface area contributed by atoms with Gasteiger partial charge in [0, 0.05) is 12.1 Å². The molecule has 0 fully saturated rings. The topological polar surface area (TPSA) is 98.5 Å². The zero-order valence-corrected chi connectivity index (χ0v) is 14.6. The number of anilines is 1. The maximum atomic E-state index is 12.8. The number of nitrogens with zero attached hydrogens (tertiary/aromatic N) is 1. The molecule has 0 radical (unpaired) electrons. The fraction of sp³-hybridized carbons (Fsp3) is 0.250. The van der Waals surface area contributed by atoms with E-state index in [1.807, 2.05) is 6.92 Å². The summed E-state index contributed by atoms with van der Waals surface area (Å²) in [5.74, 6) is 0.201. The first-order chi connectivity index (χ1) is 11.2. The van der Waals surface area contributed by atoms with Crippen LogP contribution in [0.15, 0.2) is 35.2 Å². The van der Waals surface area contributed by atoms with Crippen LogP contribution in [0, 0.1) is 30.9 Å². The largest absolute Gasteiger partial charge is 0.495 e. The third kappa shape index (κ3) is 3.48. The fourth-order valence-corrected chi connectivity index (χ4v) is 4.19. The molecule has 0 aliphatic rings. The summed E-state index contributed by atoms with van der Waals surface area (Å²) >= 11 is 0. The Hall–Kier alpha value is -2.61. The van der Waals surface area contributed by atoms with Crippen LogP contribution in [0.25, 0.3) is 0 Å². The van der Waals surface area contributed by atoms with Gasteiger partial charge in [0.25, 0.3) is 15.7 Å². The Balaban J connectivity index is 2.54. The van der Waals surface area contributed by atoms with Crippen molar-refractivity contribution in [1.29, 1.82) is 0 Å². The van der Waals surface area contributed by atoms with E-state index in [4.69, 9.17) is 4.74 Å². The standard InChI is InChI=1S/C16H18N2O5S/c1-10-7-11(2)16(12(3)8-10)24(21,22)17-14-9-13(18(19)20)5-6-15(14)23-4/h5-9,17H,1-4H3. The minimum atomic E-state index is -3.92. The lowest BCUT2D eigenvalue weighted by atomic mass is 10.1. The highest BCUT2D eigenvalue weighted by Gasteiger charge is 2.23. The SMILES string of the molecule is COc1ccc([N+](=O)[O-])cc1NS(=O)(=O)c1c(C)cc(C)cc1C. The Labute approximate surface area is 140 Å². The Morgan fingerprint density at radius 3 is 2.17 bits per heavy atom. The highest BCUT2D eigenvalue weighted by atomic mass is 32.2. The van der Waals surface area contributed by atoms with Crippen molar-refractivity contribution in [2.45, 2.75) is 25.7 Å². The first-order valence-corrected chi connectivity index (χ1v) is 8.57. The normalized spacial score (nSPS) is 11.2. The number of sulfonamides is 1. The number of nitro groups is 1. The predicted molar refractivity (Wildman–Crippen MR) is 91.1 cm³/mol. The van der Waals surface area contributed by atoms with Crippen molar-refractivity contribution in [3.8, 4) is 5.75 Å². The molecule has 0 bridgehead atoms. The summed E-state index contributed by atoms with van der Waals surface area (Å²) in [7, 11) is -2.56. The Morgan fingerprint density at radius 2 is 1.67 bits per heavy atom. The number of ether oxygens (including phenoxy) is 1. The molecule has 1 N–H and O–H groups in total. The quantitative estimate of drug-likeness (QED) is 0.659. The van der Waals surface area contributed by atoms with Gasteiger partial charge in [-0.15, -0.1) is 0 Å². The van der Waals surface area contributed by atoms with E-state index < -0.39 is 14.9 Å². The molecule has 7 nitrogen and oxygen atoms in total. The predicted octanol–water partition coefficient (Wildman–Crippen LogP) is 3.33. The van der Waals surface area contributed by atoms with Crippen molar-refractivity contribution < 1.29 is 18.1 Å². The van der Waals surface area contributed by atoms with Gasteiger partial charge in [0.05, 0.1) is 22.6 Å². The lowest BCUT2D eigenvalue weighted by Crippen LogP contribution is -2.16. The lowest BCUT2D eigenvalue weighted by Gasteiger charge is -2.15. The molecule has 8 heteroatoms. The van der Waals surface area contributed by atoms with E-state index in [0.717, 1.165) is 11.6 Å². The second-order valence-electron chi connectivity index (χ2n) is 5.48. The maximum Gasteiger partial charge on any atom is 0.271 e. The number of nitrogens with one attached hydrogen (secondary N) is 1. The van der Waals surface area contributed by atoms with Crippen LogP contribution in [-0.4, -0.2) is 20.5 Å². The van der Waals surface area contributed by atoms with Gasteiger partial charge in [-0.2, -0.15) is 0 Å². The molecular weight excluding hydrogens is 332 g/mol. The van der Waals surface area contributed by atoms with Crippen molar-refractivity contribution in [3.05, 3.63) is 57.1 Å². The summed E-state index contributed by atoms with van der Waals surface area (Å²) in [6.07, 6.45) is 0. The number of nitro benzene ring substituents is 1. The van der Waals surface area contributed by atoms with Gasteiger partial charge in [0.1, 0.15) is 5.75 Å². The third-order valence-electron chi connectivity index (χ3n) is 3.51. The molecule has 0 atom stereocenters. The molecule has 0 spiro atoms. The molecule has 2 aromatic carbocycles. The summed E-state index contributed by atoms with van der Waals surface area (Å²) in [4.78, 5) is 10.5. The average molecular weight is 350 g/mol. The molecule has 2 rings (SSSR count). The lowest BCUT2D eigenvalue weighted by molar-refractivity contribution is -0.384. The van der Waals surface area contributed by atoms with Crippen LogP contribution in [0.3, 0.4) is 0 Å². The Bertz CT molecular complexity index is 884. The van der Waals surface area contributed by atoms with Crippen molar-refractivity contribution in [2.24, 2.45) is 0 Å². The molecule has 0 aromatic heterocycles. The van der Waals surface area contributed by atoms with Crippen LogP contribution in [0.4, 0.5) is 11.4 Å². The fourth-order valence-electron chi connectivity index (χ4n) is 2.68. The molecule has 0 heterocycles. The number of hydrogen-bond donors (Lipinski definition) is 1. The van der Waals surface area contributed by atoms with Gasteiger partial charge in [0.2, 0.25) is 0 Å². The van der Waals surface area contributed by atoms with Crippen LogP contribution in [0.1, 0.15) is 16.7 Å². The average Bonchev–Trinajstić information content (AvgIpc) is 2.45. The second-order valence-corrected chi connectivity index (χ2v) is 7.09.